The zero-order chi connectivity index (χ0) is 11.2. The molecule has 86 valence electrons. The van der Waals surface area contributed by atoms with Crippen LogP contribution in [0.3, 0.4) is 0 Å². The topological polar surface area (TPSA) is 47.3 Å². The van der Waals surface area contributed by atoms with Crippen molar-refractivity contribution in [3.05, 3.63) is 28.8 Å². The maximum atomic E-state index is 6.20. The van der Waals surface area contributed by atoms with E-state index in [1.54, 1.807) is 0 Å². The average molecular weight is 239 g/mol. The molecule has 1 saturated heterocycles. The number of hydrogen-bond acceptors (Lipinski definition) is 3. The summed E-state index contributed by atoms with van der Waals surface area (Å²) in [4.78, 5) is 0. The molecule has 2 heterocycles. The minimum atomic E-state index is -0.0970. The van der Waals surface area contributed by atoms with Crippen LogP contribution in [0.5, 0.6) is 5.75 Å². The van der Waals surface area contributed by atoms with Crippen LogP contribution < -0.4 is 15.8 Å². The molecule has 16 heavy (non-hydrogen) atoms. The van der Waals surface area contributed by atoms with Gasteiger partial charge in [-0.25, -0.2) is 0 Å². The fourth-order valence-corrected chi connectivity index (χ4v) is 2.85. The molecule has 1 aromatic rings. The fourth-order valence-electron chi connectivity index (χ4n) is 2.67. The lowest BCUT2D eigenvalue weighted by Gasteiger charge is -2.38. The number of ether oxygens (including phenoxy) is 1. The average Bonchev–Trinajstić information content (AvgIpc) is 2.68. The molecule has 0 amide bonds. The van der Waals surface area contributed by atoms with Crippen LogP contribution in [0.1, 0.15) is 24.4 Å². The van der Waals surface area contributed by atoms with E-state index in [4.69, 9.17) is 22.1 Å². The van der Waals surface area contributed by atoms with Crippen molar-refractivity contribution in [2.24, 2.45) is 5.73 Å². The molecule has 1 spiro atoms. The molecule has 1 aromatic carbocycles. The molecule has 2 aliphatic heterocycles. The van der Waals surface area contributed by atoms with Gasteiger partial charge in [0.1, 0.15) is 11.4 Å². The van der Waals surface area contributed by atoms with Gasteiger partial charge in [-0.05, 0) is 24.7 Å². The van der Waals surface area contributed by atoms with Gasteiger partial charge in [0.2, 0.25) is 0 Å². The highest BCUT2D eigenvalue weighted by atomic mass is 35.5. The third-order valence-electron chi connectivity index (χ3n) is 3.49. The Morgan fingerprint density at radius 3 is 3.12 bits per heavy atom. The number of hydrogen-bond donors (Lipinski definition) is 2. The van der Waals surface area contributed by atoms with Crippen LogP contribution in [0.4, 0.5) is 0 Å². The number of benzene rings is 1. The summed E-state index contributed by atoms with van der Waals surface area (Å²) in [6, 6.07) is 5.73. The van der Waals surface area contributed by atoms with Crippen molar-refractivity contribution >= 4 is 11.6 Å². The van der Waals surface area contributed by atoms with Crippen LogP contribution in [-0.2, 0) is 0 Å². The Morgan fingerprint density at radius 2 is 2.38 bits per heavy atom. The lowest BCUT2D eigenvalue weighted by Crippen LogP contribution is -2.44. The molecule has 4 heteroatoms. The second-order valence-corrected chi connectivity index (χ2v) is 5.14. The highest BCUT2D eigenvalue weighted by molar-refractivity contribution is 6.30. The predicted octanol–water partition coefficient (Wildman–Crippen LogP) is 1.85. The van der Waals surface area contributed by atoms with Gasteiger partial charge in [-0.2, -0.15) is 0 Å². The Hall–Kier alpha value is -0.770. The Labute approximate surface area is 99.9 Å². The first kappa shape index (κ1) is 10.4. The molecule has 2 aliphatic rings. The first-order valence-electron chi connectivity index (χ1n) is 5.63. The van der Waals surface area contributed by atoms with Gasteiger partial charge in [0.05, 0.1) is 0 Å². The second kappa shape index (κ2) is 3.62. The van der Waals surface area contributed by atoms with E-state index < -0.39 is 0 Å². The molecule has 0 radical (unpaired) electrons. The largest absolute Gasteiger partial charge is 0.485 e. The molecular weight excluding hydrogens is 224 g/mol. The van der Waals surface area contributed by atoms with Crippen LogP contribution in [0.25, 0.3) is 0 Å². The Bertz CT molecular complexity index is 415. The van der Waals surface area contributed by atoms with E-state index in [0.717, 1.165) is 42.3 Å². The molecule has 0 aliphatic carbocycles. The zero-order valence-electron chi connectivity index (χ0n) is 9.00. The number of nitrogens with two attached hydrogens (primary N) is 1. The maximum absolute atomic E-state index is 6.20. The molecule has 1 fully saturated rings. The molecule has 3 nitrogen and oxygen atoms in total. The summed E-state index contributed by atoms with van der Waals surface area (Å²) in [5.74, 6) is 0.895. The normalized spacial score (nSPS) is 32.5. The van der Waals surface area contributed by atoms with Gasteiger partial charge in [-0.15, -0.1) is 0 Å². The first-order chi connectivity index (χ1) is 7.69. The molecule has 2 atom stereocenters. The third kappa shape index (κ3) is 1.59. The van der Waals surface area contributed by atoms with Gasteiger partial charge in [0, 0.05) is 36.0 Å². The highest BCUT2D eigenvalue weighted by Gasteiger charge is 2.42. The summed E-state index contributed by atoms with van der Waals surface area (Å²) >= 11 is 5.97. The van der Waals surface area contributed by atoms with Gasteiger partial charge in [-0.3, -0.25) is 0 Å². The van der Waals surface area contributed by atoms with Crippen molar-refractivity contribution in [2.75, 3.05) is 13.1 Å². The Balaban J connectivity index is 1.99. The quantitative estimate of drug-likeness (QED) is 0.725. The molecule has 2 unspecified atom stereocenters. The van der Waals surface area contributed by atoms with Crippen LogP contribution >= 0.6 is 11.6 Å². The van der Waals surface area contributed by atoms with Crippen molar-refractivity contribution in [1.29, 1.82) is 0 Å². The van der Waals surface area contributed by atoms with Crippen molar-refractivity contribution in [3.8, 4) is 5.75 Å². The summed E-state index contributed by atoms with van der Waals surface area (Å²) in [5.41, 5.74) is 7.14. The summed E-state index contributed by atoms with van der Waals surface area (Å²) in [5, 5.41) is 4.06. The summed E-state index contributed by atoms with van der Waals surface area (Å²) in [6.45, 7) is 1.90. The predicted molar refractivity (Wildman–Crippen MR) is 63.8 cm³/mol. The molecule has 3 rings (SSSR count). The maximum Gasteiger partial charge on any atom is 0.125 e. The van der Waals surface area contributed by atoms with Crippen LogP contribution in [0, 0.1) is 0 Å². The lowest BCUT2D eigenvalue weighted by molar-refractivity contribution is 0.0553. The minimum absolute atomic E-state index is 0.0300. The number of halogens is 1. The number of nitrogens with one attached hydrogen (secondary N) is 1. The molecule has 3 N–H and O–H groups in total. The molecule has 0 saturated carbocycles. The van der Waals surface area contributed by atoms with Crippen molar-refractivity contribution in [3.63, 3.8) is 0 Å². The van der Waals surface area contributed by atoms with Crippen molar-refractivity contribution in [1.82, 2.24) is 5.32 Å². The Morgan fingerprint density at radius 1 is 1.50 bits per heavy atom. The van der Waals surface area contributed by atoms with E-state index in [1.807, 2.05) is 18.2 Å². The van der Waals surface area contributed by atoms with Crippen molar-refractivity contribution < 1.29 is 4.74 Å². The third-order valence-corrected chi connectivity index (χ3v) is 3.73. The summed E-state index contributed by atoms with van der Waals surface area (Å²) in [7, 11) is 0. The van der Waals surface area contributed by atoms with E-state index in [9.17, 15) is 0 Å². The van der Waals surface area contributed by atoms with E-state index in [0.29, 0.717) is 0 Å². The van der Waals surface area contributed by atoms with E-state index in [2.05, 4.69) is 5.32 Å². The summed E-state index contributed by atoms with van der Waals surface area (Å²) in [6.07, 6.45) is 1.90. The van der Waals surface area contributed by atoms with Gasteiger partial charge in [0.15, 0.2) is 0 Å². The molecule has 0 aromatic heterocycles. The smallest absolute Gasteiger partial charge is 0.125 e. The number of fused-ring (bicyclic) bond motifs is 1. The molecular formula is C12H15ClN2O. The zero-order valence-corrected chi connectivity index (χ0v) is 9.76. The van der Waals surface area contributed by atoms with Gasteiger partial charge >= 0.3 is 0 Å². The van der Waals surface area contributed by atoms with Crippen molar-refractivity contribution in [2.45, 2.75) is 24.5 Å². The van der Waals surface area contributed by atoms with E-state index in [1.165, 1.54) is 0 Å². The van der Waals surface area contributed by atoms with Crippen LogP contribution in [0.15, 0.2) is 18.2 Å². The summed E-state index contributed by atoms with van der Waals surface area (Å²) < 4.78 is 6.10. The second-order valence-electron chi connectivity index (χ2n) is 4.70. The van der Waals surface area contributed by atoms with E-state index in [-0.39, 0.29) is 11.6 Å². The molecule has 0 bridgehead atoms. The lowest BCUT2D eigenvalue weighted by atomic mass is 9.87. The van der Waals surface area contributed by atoms with Crippen LogP contribution in [0.2, 0.25) is 5.02 Å². The number of rotatable bonds is 0. The van der Waals surface area contributed by atoms with Gasteiger partial charge in [-0.1, -0.05) is 11.6 Å². The van der Waals surface area contributed by atoms with Gasteiger partial charge < -0.3 is 15.8 Å². The first-order valence-corrected chi connectivity index (χ1v) is 6.01. The standard InChI is InChI=1S/C12H15ClN2O/c13-8-1-2-11-9(5-8)10(14)6-12(16-11)3-4-15-7-12/h1-2,5,10,15H,3-4,6-7,14H2. The minimum Gasteiger partial charge on any atom is -0.485 e. The highest BCUT2D eigenvalue weighted by Crippen LogP contribution is 2.41. The Kier molecular flexibility index (Phi) is 2.35. The monoisotopic (exact) mass is 238 g/mol. The van der Waals surface area contributed by atoms with Gasteiger partial charge in [0.25, 0.3) is 0 Å². The van der Waals surface area contributed by atoms with Crippen LogP contribution in [-0.4, -0.2) is 18.7 Å². The van der Waals surface area contributed by atoms with E-state index >= 15 is 0 Å². The SMILES string of the molecule is NC1CC2(CCNC2)Oc2ccc(Cl)cc21. The fraction of sp³-hybridized carbons (Fsp3) is 0.500.